The highest BCUT2D eigenvalue weighted by molar-refractivity contribution is 5.52. The van der Waals surface area contributed by atoms with E-state index in [0.29, 0.717) is 18.8 Å². The van der Waals surface area contributed by atoms with Crippen LogP contribution >= 0.6 is 0 Å². The fourth-order valence-electron chi connectivity index (χ4n) is 3.46. The summed E-state index contributed by atoms with van der Waals surface area (Å²) in [6.07, 6.45) is 6.17. The number of halogens is 2. The minimum atomic E-state index is -2.51. The van der Waals surface area contributed by atoms with Gasteiger partial charge >= 0.3 is 0 Å². The monoisotopic (exact) mass is 306 g/mol. The van der Waals surface area contributed by atoms with E-state index in [1.54, 1.807) is 0 Å². The quantitative estimate of drug-likeness (QED) is 0.904. The van der Waals surface area contributed by atoms with Gasteiger partial charge in [-0.25, -0.2) is 18.7 Å². The molecule has 2 saturated carbocycles. The normalized spacial score (nSPS) is 24.4. The van der Waals surface area contributed by atoms with Gasteiger partial charge in [0.1, 0.15) is 5.82 Å². The van der Waals surface area contributed by atoms with Crippen LogP contribution in [-0.4, -0.2) is 21.9 Å². The van der Waals surface area contributed by atoms with Gasteiger partial charge in [0.25, 0.3) is 0 Å². The Morgan fingerprint density at radius 3 is 2.55 bits per heavy atom. The van der Waals surface area contributed by atoms with Gasteiger partial charge < -0.3 is 5.43 Å². The standard InChI is InChI=1S/C16H20F2N4/c1-10-13-9-19-22(12-5-7-16(17,18)8-6-12)15(13)21-14(20-10)11-3-2-4-11/h9,11-12,19H,1-8H2. The van der Waals surface area contributed by atoms with Crippen LogP contribution < -0.4 is 21.0 Å². The molecule has 2 heterocycles. The van der Waals surface area contributed by atoms with Gasteiger partial charge in [-0.3, -0.25) is 5.01 Å². The number of hydrogen-bond acceptors (Lipinski definition) is 4. The Morgan fingerprint density at radius 2 is 1.91 bits per heavy atom. The minimum absolute atomic E-state index is 0.0526. The predicted octanol–water partition coefficient (Wildman–Crippen LogP) is 1.79. The number of nitrogens with one attached hydrogen (secondary N) is 1. The van der Waals surface area contributed by atoms with Crippen LogP contribution in [-0.2, 0) is 0 Å². The smallest absolute Gasteiger partial charge is 0.248 e. The first-order chi connectivity index (χ1) is 10.5. The average molecular weight is 306 g/mol. The molecule has 0 radical (unpaired) electrons. The Bertz CT molecular complexity index is 689. The average Bonchev–Trinajstić information content (AvgIpc) is 2.81. The first-order valence-corrected chi connectivity index (χ1v) is 8.04. The lowest BCUT2D eigenvalue weighted by molar-refractivity contribution is -0.0384. The van der Waals surface area contributed by atoms with Gasteiger partial charge in [-0.05, 0) is 25.7 Å². The molecule has 1 aromatic heterocycles. The van der Waals surface area contributed by atoms with E-state index >= 15 is 0 Å². The molecule has 0 atom stereocenters. The second-order valence-corrected chi connectivity index (χ2v) is 6.62. The van der Waals surface area contributed by atoms with Crippen LogP contribution in [0.3, 0.4) is 0 Å². The van der Waals surface area contributed by atoms with E-state index in [1.807, 2.05) is 11.2 Å². The van der Waals surface area contributed by atoms with Crippen LogP contribution in [0.5, 0.6) is 0 Å². The van der Waals surface area contributed by atoms with Gasteiger partial charge in [-0.1, -0.05) is 13.0 Å². The molecule has 118 valence electrons. The molecule has 0 bridgehead atoms. The van der Waals surface area contributed by atoms with Gasteiger partial charge in [-0.15, -0.1) is 0 Å². The molecule has 1 aliphatic heterocycles. The third-order valence-corrected chi connectivity index (χ3v) is 5.12. The predicted molar refractivity (Wildman–Crippen MR) is 80.7 cm³/mol. The van der Waals surface area contributed by atoms with Gasteiger partial charge in [0, 0.05) is 25.0 Å². The van der Waals surface area contributed by atoms with Gasteiger partial charge in [0.05, 0.1) is 16.6 Å². The van der Waals surface area contributed by atoms with Gasteiger partial charge in [-0.2, -0.15) is 0 Å². The molecule has 4 rings (SSSR count). The van der Waals surface area contributed by atoms with E-state index in [1.165, 1.54) is 6.42 Å². The summed E-state index contributed by atoms with van der Waals surface area (Å²) in [7, 11) is 0. The van der Waals surface area contributed by atoms with Crippen molar-refractivity contribution in [2.24, 2.45) is 0 Å². The molecule has 4 nitrogen and oxygen atoms in total. The topological polar surface area (TPSA) is 41.1 Å². The molecule has 0 aromatic carbocycles. The van der Waals surface area contributed by atoms with Crippen molar-refractivity contribution in [3.63, 3.8) is 0 Å². The van der Waals surface area contributed by atoms with Crippen molar-refractivity contribution >= 4 is 18.6 Å². The molecule has 2 fully saturated rings. The Balaban J connectivity index is 1.62. The highest BCUT2D eigenvalue weighted by Gasteiger charge is 2.38. The number of anilines is 1. The van der Waals surface area contributed by atoms with Crippen molar-refractivity contribution in [3.05, 3.63) is 16.4 Å². The zero-order chi connectivity index (χ0) is 15.3. The van der Waals surface area contributed by atoms with Crippen molar-refractivity contribution in [2.45, 2.75) is 62.8 Å². The number of rotatable bonds is 2. The Labute approximate surface area is 127 Å². The molecular weight excluding hydrogens is 286 g/mol. The van der Waals surface area contributed by atoms with Gasteiger partial charge in [0.15, 0.2) is 5.82 Å². The van der Waals surface area contributed by atoms with E-state index in [0.717, 1.165) is 35.1 Å². The molecule has 0 saturated heterocycles. The summed E-state index contributed by atoms with van der Waals surface area (Å²) in [5, 5.41) is 3.56. The second kappa shape index (κ2) is 4.89. The first kappa shape index (κ1) is 13.9. The summed E-state index contributed by atoms with van der Waals surface area (Å²) in [6, 6.07) is 0.0562. The molecule has 22 heavy (non-hydrogen) atoms. The third kappa shape index (κ3) is 2.25. The van der Waals surface area contributed by atoms with Crippen molar-refractivity contribution in [3.8, 4) is 0 Å². The van der Waals surface area contributed by atoms with Crippen LogP contribution in [0.4, 0.5) is 14.6 Å². The van der Waals surface area contributed by atoms with Crippen LogP contribution in [0, 0.1) is 0 Å². The van der Waals surface area contributed by atoms with Crippen molar-refractivity contribution in [1.82, 2.24) is 15.4 Å². The maximum Gasteiger partial charge on any atom is 0.248 e. The summed E-state index contributed by atoms with van der Waals surface area (Å²) in [6.45, 7) is 4.03. The molecule has 3 aliphatic rings. The fraction of sp³-hybridized carbons (Fsp3) is 0.625. The lowest BCUT2D eigenvalue weighted by Gasteiger charge is -2.35. The van der Waals surface area contributed by atoms with E-state index in [4.69, 9.17) is 4.98 Å². The van der Waals surface area contributed by atoms with E-state index in [2.05, 4.69) is 17.0 Å². The molecular formula is C16H20F2N4. The molecule has 0 amide bonds. The van der Waals surface area contributed by atoms with E-state index < -0.39 is 5.92 Å². The number of hydrazine groups is 1. The van der Waals surface area contributed by atoms with E-state index in [-0.39, 0.29) is 18.9 Å². The maximum atomic E-state index is 13.4. The number of aromatic nitrogens is 2. The molecule has 0 unspecified atom stereocenters. The zero-order valence-corrected chi connectivity index (χ0v) is 12.5. The number of alkyl halides is 2. The van der Waals surface area contributed by atoms with Crippen LogP contribution in [0.25, 0.3) is 12.8 Å². The zero-order valence-electron chi connectivity index (χ0n) is 12.5. The maximum absolute atomic E-state index is 13.4. The number of hydrogen-bond donors (Lipinski definition) is 1. The summed E-state index contributed by atoms with van der Waals surface area (Å²) in [5.41, 5.74) is 3.18. The van der Waals surface area contributed by atoms with Crippen LogP contribution in [0.15, 0.2) is 0 Å². The lowest BCUT2D eigenvalue weighted by Crippen LogP contribution is -2.46. The molecule has 0 spiro atoms. The van der Waals surface area contributed by atoms with E-state index in [9.17, 15) is 8.78 Å². The summed E-state index contributed by atoms with van der Waals surface area (Å²) in [5.74, 6) is -0.400. The molecule has 2 aliphatic carbocycles. The van der Waals surface area contributed by atoms with Crippen molar-refractivity contribution < 1.29 is 8.78 Å². The molecule has 1 aromatic rings. The highest BCUT2D eigenvalue weighted by atomic mass is 19.3. The first-order valence-electron chi connectivity index (χ1n) is 8.04. The summed E-state index contributed by atoms with van der Waals surface area (Å²) < 4.78 is 26.7. The SMILES string of the molecule is C=c1nc(C2CCC2)nc2c1=CNN2C1CCC(F)(F)CC1. The Hall–Kier alpha value is -1.72. The Morgan fingerprint density at radius 1 is 1.18 bits per heavy atom. The number of nitrogens with zero attached hydrogens (tertiary/aromatic N) is 3. The highest BCUT2D eigenvalue weighted by Crippen LogP contribution is 2.37. The molecule has 1 N–H and O–H groups in total. The largest absolute Gasteiger partial charge is 0.303 e. The van der Waals surface area contributed by atoms with Gasteiger partial charge in [0.2, 0.25) is 5.92 Å². The summed E-state index contributed by atoms with van der Waals surface area (Å²) >= 11 is 0. The third-order valence-electron chi connectivity index (χ3n) is 5.12. The second-order valence-electron chi connectivity index (χ2n) is 6.62. The van der Waals surface area contributed by atoms with Crippen molar-refractivity contribution in [1.29, 1.82) is 0 Å². The Kier molecular flexibility index (Phi) is 3.09. The number of fused-ring (bicyclic) bond motifs is 1. The molecule has 6 heteroatoms. The van der Waals surface area contributed by atoms with Crippen LogP contribution in [0.1, 0.15) is 56.7 Å². The van der Waals surface area contributed by atoms with Crippen LogP contribution in [0.2, 0.25) is 0 Å². The van der Waals surface area contributed by atoms with Crippen molar-refractivity contribution in [2.75, 3.05) is 5.01 Å². The minimum Gasteiger partial charge on any atom is -0.303 e. The lowest BCUT2D eigenvalue weighted by atomic mass is 9.85. The fourth-order valence-corrected chi connectivity index (χ4v) is 3.46. The summed E-state index contributed by atoms with van der Waals surface area (Å²) in [4.78, 5) is 9.25.